The van der Waals surface area contributed by atoms with E-state index in [-0.39, 0.29) is 40.0 Å². The molecule has 0 aliphatic heterocycles. The van der Waals surface area contributed by atoms with Gasteiger partial charge in [0.25, 0.3) is 5.56 Å². The summed E-state index contributed by atoms with van der Waals surface area (Å²) in [7, 11) is 1.58. The maximum atomic E-state index is 15.8. The van der Waals surface area contributed by atoms with Crippen LogP contribution in [0.1, 0.15) is 64.0 Å². The van der Waals surface area contributed by atoms with Crippen molar-refractivity contribution in [1.82, 2.24) is 9.55 Å². The van der Waals surface area contributed by atoms with Gasteiger partial charge in [0, 0.05) is 11.8 Å². The number of nitrogens with two attached hydrogens (primary N) is 1. The zero-order chi connectivity index (χ0) is 31.6. The number of benzene rings is 2. The number of anilines is 1. The van der Waals surface area contributed by atoms with E-state index in [1.165, 1.54) is 16.7 Å². The van der Waals surface area contributed by atoms with Crippen molar-refractivity contribution < 1.29 is 23.5 Å². The Morgan fingerprint density at radius 2 is 1.75 bits per heavy atom. The molecule has 0 saturated heterocycles. The van der Waals surface area contributed by atoms with E-state index in [1.54, 1.807) is 52.3 Å². The van der Waals surface area contributed by atoms with Crippen LogP contribution < -0.4 is 21.3 Å². The Labute approximate surface area is 255 Å². The molecule has 9 nitrogen and oxygen atoms in total. The third-order valence-electron chi connectivity index (χ3n) is 8.06. The van der Waals surface area contributed by atoms with Crippen LogP contribution in [0, 0.1) is 5.82 Å². The van der Waals surface area contributed by atoms with Crippen molar-refractivity contribution in [3.63, 3.8) is 0 Å². The average molecular weight is 601 g/mol. The SMILES string of the molecule is COc1ccc(Cn2ccc3nc(-c4ccc(C5(C(N)=O)CCCCC5)cc4F)cc(NC(=O)OC(C)(C)C)c3c2=O)cc1. The molecule has 3 N–H and O–H groups in total. The lowest BCUT2D eigenvalue weighted by Gasteiger charge is -2.35. The number of carbonyl (C=O) groups is 2. The Morgan fingerprint density at radius 3 is 2.36 bits per heavy atom. The van der Waals surface area contributed by atoms with Crippen LogP contribution in [-0.4, -0.2) is 34.3 Å². The van der Waals surface area contributed by atoms with Gasteiger partial charge < -0.3 is 19.8 Å². The molecule has 5 rings (SSSR count). The number of aromatic nitrogens is 2. The van der Waals surface area contributed by atoms with E-state index in [0.717, 1.165) is 24.8 Å². The summed E-state index contributed by atoms with van der Waals surface area (Å²) in [5.74, 6) is -0.344. The molecular formula is C34H37FN4O5. The standard InChI is InChI=1S/C34H37FN4O5/c1-33(2,3)44-32(42)38-28-19-27(24-13-10-22(18-25(24)35)34(31(36)41)15-6-5-7-16-34)37-26-14-17-39(30(40)29(26)28)20-21-8-11-23(43-4)12-9-21/h8-14,17-19H,5-7,15-16,20H2,1-4H3,(H2,36,41)(H,37,38,42). The lowest BCUT2D eigenvalue weighted by atomic mass is 9.69. The van der Waals surface area contributed by atoms with E-state index < -0.39 is 28.8 Å². The predicted molar refractivity (Wildman–Crippen MR) is 167 cm³/mol. The van der Waals surface area contributed by atoms with Gasteiger partial charge in [-0.2, -0.15) is 0 Å². The first kappa shape index (κ1) is 30.7. The second kappa shape index (κ2) is 12.1. The molecule has 44 heavy (non-hydrogen) atoms. The number of hydrogen-bond acceptors (Lipinski definition) is 6. The molecule has 2 aromatic heterocycles. The number of methoxy groups -OCH3 is 1. The lowest BCUT2D eigenvalue weighted by Crippen LogP contribution is -2.42. The van der Waals surface area contributed by atoms with Gasteiger partial charge in [0.15, 0.2) is 0 Å². The largest absolute Gasteiger partial charge is 0.497 e. The predicted octanol–water partition coefficient (Wildman–Crippen LogP) is 6.29. The number of ether oxygens (including phenoxy) is 2. The smallest absolute Gasteiger partial charge is 0.412 e. The van der Waals surface area contributed by atoms with Gasteiger partial charge in [-0.15, -0.1) is 0 Å². The van der Waals surface area contributed by atoms with Gasteiger partial charge in [-0.05, 0) is 81.1 Å². The fourth-order valence-electron chi connectivity index (χ4n) is 5.84. The molecule has 1 aliphatic rings. The van der Waals surface area contributed by atoms with Crippen LogP contribution in [-0.2, 0) is 21.5 Å². The van der Waals surface area contributed by atoms with E-state index in [9.17, 15) is 14.4 Å². The number of pyridine rings is 2. The summed E-state index contributed by atoms with van der Waals surface area (Å²) in [6, 6.07) is 15.1. The summed E-state index contributed by atoms with van der Waals surface area (Å²) in [5.41, 5.74) is 5.92. The minimum atomic E-state index is -0.910. The van der Waals surface area contributed by atoms with Gasteiger partial charge in [-0.3, -0.25) is 14.9 Å². The van der Waals surface area contributed by atoms with Gasteiger partial charge in [-0.25, -0.2) is 14.2 Å². The van der Waals surface area contributed by atoms with Gasteiger partial charge in [0.2, 0.25) is 5.91 Å². The monoisotopic (exact) mass is 600 g/mol. The second-order valence-corrected chi connectivity index (χ2v) is 12.2. The molecule has 0 bridgehead atoms. The van der Waals surface area contributed by atoms with Crippen LogP contribution >= 0.6 is 0 Å². The first-order valence-electron chi connectivity index (χ1n) is 14.7. The van der Waals surface area contributed by atoms with E-state index in [0.29, 0.717) is 24.2 Å². The van der Waals surface area contributed by atoms with Crippen molar-refractivity contribution in [1.29, 1.82) is 0 Å². The molecule has 230 valence electrons. The highest BCUT2D eigenvalue weighted by Crippen LogP contribution is 2.41. The average Bonchev–Trinajstić information content (AvgIpc) is 2.98. The molecule has 0 radical (unpaired) electrons. The van der Waals surface area contributed by atoms with Crippen molar-refractivity contribution in [2.24, 2.45) is 5.73 Å². The molecule has 0 atom stereocenters. The fraction of sp³-hybridized carbons (Fsp3) is 0.353. The van der Waals surface area contributed by atoms with E-state index in [1.807, 2.05) is 24.3 Å². The zero-order valence-electron chi connectivity index (χ0n) is 25.4. The Morgan fingerprint density at radius 1 is 1.05 bits per heavy atom. The third-order valence-corrected chi connectivity index (χ3v) is 8.06. The van der Waals surface area contributed by atoms with Crippen LogP contribution in [0.3, 0.4) is 0 Å². The van der Waals surface area contributed by atoms with E-state index in [4.69, 9.17) is 15.2 Å². The number of primary amides is 1. The maximum absolute atomic E-state index is 15.8. The third kappa shape index (κ3) is 6.29. The molecule has 2 aromatic carbocycles. The number of fused-ring (bicyclic) bond motifs is 1. The molecular weight excluding hydrogens is 563 g/mol. The van der Waals surface area contributed by atoms with Gasteiger partial charge in [0.1, 0.15) is 17.2 Å². The number of rotatable bonds is 7. The molecule has 2 heterocycles. The van der Waals surface area contributed by atoms with Crippen molar-refractivity contribution in [2.75, 3.05) is 12.4 Å². The molecule has 2 amide bonds. The number of nitrogens with one attached hydrogen (secondary N) is 1. The minimum Gasteiger partial charge on any atom is -0.497 e. The second-order valence-electron chi connectivity index (χ2n) is 12.2. The summed E-state index contributed by atoms with van der Waals surface area (Å²) in [6.07, 6.45) is 4.68. The lowest BCUT2D eigenvalue weighted by molar-refractivity contribution is -0.124. The summed E-state index contributed by atoms with van der Waals surface area (Å²) in [5, 5.41) is 2.84. The number of amides is 2. The molecule has 0 unspecified atom stereocenters. The van der Waals surface area contributed by atoms with Crippen LogP contribution in [0.4, 0.5) is 14.9 Å². The fourth-order valence-corrected chi connectivity index (χ4v) is 5.84. The van der Waals surface area contributed by atoms with Crippen LogP contribution in [0.25, 0.3) is 22.2 Å². The summed E-state index contributed by atoms with van der Waals surface area (Å²) in [4.78, 5) is 43.8. The van der Waals surface area contributed by atoms with Crippen molar-refractivity contribution in [3.05, 3.63) is 88.1 Å². The minimum absolute atomic E-state index is 0.137. The van der Waals surface area contributed by atoms with Crippen molar-refractivity contribution >= 4 is 28.6 Å². The highest BCUT2D eigenvalue weighted by atomic mass is 19.1. The van der Waals surface area contributed by atoms with E-state index in [2.05, 4.69) is 10.3 Å². The van der Waals surface area contributed by atoms with Gasteiger partial charge >= 0.3 is 6.09 Å². The Kier molecular flexibility index (Phi) is 8.45. The van der Waals surface area contributed by atoms with E-state index >= 15 is 4.39 Å². The highest BCUT2D eigenvalue weighted by Gasteiger charge is 2.40. The first-order chi connectivity index (χ1) is 20.9. The normalized spacial score (nSPS) is 14.7. The van der Waals surface area contributed by atoms with Crippen LogP contribution in [0.2, 0.25) is 0 Å². The Balaban J connectivity index is 1.59. The molecule has 1 saturated carbocycles. The zero-order valence-corrected chi connectivity index (χ0v) is 25.4. The highest BCUT2D eigenvalue weighted by molar-refractivity contribution is 6.00. The number of carbonyl (C=O) groups excluding carboxylic acids is 2. The molecule has 1 aliphatic carbocycles. The van der Waals surface area contributed by atoms with Crippen LogP contribution in [0.5, 0.6) is 5.75 Å². The quantitative estimate of drug-likeness (QED) is 0.257. The van der Waals surface area contributed by atoms with Gasteiger partial charge in [0.05, 0.1) is 41.4 Å². The summed E-state index contributed by atoms with van der Waals surface area (Å²) in [6.45, 7) is 5.45. The maximum Gasteiger partial charge on any atom is 0.412 e. The number of nitrogens with zero attached hydrogens (tertiary/aromatic N) is 2. The summed E-state index contributed by atoms with van der Waals surface area (Å²) >= 11 is 0. The van der Waals surface area contributed by atoms with Crippen molar-refractivity contribution in [3.8, 4) is 17.0 Å². The van der Waals surface area contributed by atoms with Crippen molar-refractivity contribution in [2.45, 2.75) is 70.4 Å². The molecule has 0 spiro atoms. The van der Waals surface area contributed by atoms with Gasteiger partial charge in [-0.1, -0.05) is 37.5 Å². The molecule has 4 aromatic rings. The number of halogens is 1. The molecule has 1 fully saturated rings. The number of hydrogen-bond donors (Lipinski definition) is 2. The Hall–Kier alpha value is -4.73. The first-order valence-corrected chi connectivity index (χ1v) is 14.7. The summed E-state index contributed by atoms with van der Waals surface area (Å²) < 4.78 is 28.0. The topological polar surface area (TPSA) is 126 Å². The Bertz CT molecular complexity index is 1770. The van der Waals surface area contributed by atoms with Crippen LogP contribution in [0.15, 0.2) is 65.6 Å². The molecule has 10 heteroatoms.